The lowest BCUT2D eigenvalue weighted by Crippen LogP contribution is -2.29. The summed E-state index contributed by atoms with van der Waals surface area (Å²) in [5.41, 5.74) is 7.00. The van der Waals surface area contributed by atoms with Crippen molar-refractivity contribution in [1.29, 1.82) is 0 Å². The van der Waals surface area contributed by atoms with E-state index in [1.807, 2.05) is 6.92 Å². The smallest absolute Gasteiger partial charge is 0.251 e. The lowest BCUT2D eigenvalue weighted by Gasteiger charge is -2.17. The van der Waals surface area contributed by atoms with E-state index in [4.69, 9.17) is 10.5 Å². The molecule has 0 bridgehead atoms. The average molecular weight is 307 g/mol. The number of nitrogens with one attached hydrogen (secondary N) is 1. The second-order valence-corrected chi connectivity index (χ2v) is 5.24. The number of rotatable bonds is 10. The first-order chi connectivity index (χ1) is 10.6. The van der Waals surface area contributed by atoms with E-state index in [-0.39, 0.29) is 5.91 Å². The van der Waals surface area contributed by atoms with Gasteiger partial charge in [0.2, 0.25) is 0 Å². The van der Waals surface area contributed by atoms with Gasteiger partial charge in [-0.15, -0.1) is 0 Å². The van der Waals surface area contributed by atoms with Crippen LogP contribution in [0.5, 0.6) is 5.75 Å². The number of carbonyl (C=O) groups excluding carboxylic acids is 1. The topological polar surface area (TPSA) is 67.6 Å². The Morgan fingerprint density at radius 3 is 2.64 bits per heavy atom. The molecule has 1 amide bonds. The number of nitrogens with zero attached hydrogens (tertiary/aromatic N) is 1. The molecule has 5 heteroatoms. The van der Waals surface area contributed by atoms with Crippen molar-refractivity contribution in [2.45, 2.75) is 33.6 Å². The average Bonchev–Trinajstić information content (AvgIpc) is 2.54. The quantitative estimate of drug-likeness (QED) is 0.515. The standard InChI is InChI=1S/C17H29N3O2/c1-4-12-22-16-13-14(8-9-15(16)18)17(21)19-10-7-11-20(5-2)6-3/h8-9,13H,4-7,10-12,18H2,1-3H3,(H,19,21). The van der Waals surface area contributed by atoms with Gasteiger partial charge in [0.15, 0.2) is 0 Å². The van der Waals surface area contributed by atoms with Gasteiger partial charge in [-0.1, -0.05) is 20.8 Å². The molecule has 0 saturated heterocycles. The zero-order valence-electron chi connectivity index (χ0n) is 14.0. The van der Waals surface area contributed by atoms with E-state index in [1.165, 1.54) is 0 Å². The molecular formula is C17H29N3O2. The van der Waals surface area contributed by atoms with Crippen LogP contribution in [0.3, 0.4) is 0 Å². The fourth-order valence-corrected chi connectivity index (χ4v) is 2.16. The fourth-order valence-electron chi connectivity index (χ4n) is 2.16. The van der Waals surface area contributed by atoms with Gasteiger partial charge in [-0.05, 0) is 50.7 Å². The lowest BCUT2D eigenvalue weighted by molar-refractivity contribution is 0.0951. The van der Waals surface area contributed by atoms with Crippen LogP contribution in [0, 0.1) is 0 Å². The van der Waals surface area contributed by atoms with E-state index in [9.17, 15) is 4.79 Å². The summed E-state index contributed by atoms with van der Waals surface area (Å²) in [6.45, 7) is 10.7. The largest absolute Gasteiger partial charge is 0.491 e. The molecule has 1 aromatic carbocycles. The molecule has 124 valence electrons. The fraction of sp³-hybridized carbons (Fsp3) is 0.588. The molecule has 0 fully saturated rings. The zero-order chi connectivity index (χ0) is 16.4. The molecule has 0 aliphatic rings. The van der Waals surface area contributed by atoms with Crippen LogP contribution >= 0.6 is 0 Å². The first-order valence-corrected chi connectivity index (χ1v) is 8.15. The molecule has 0 spiro atoms. The Balaban J connectivity index is 2.48. The summed E-state index contributed by atoms with van der Waals surface area (Å²) < 4.78 is 5.55. The molecule has 0 aliphatic carbocycles. The number of hydrogen-bond donors (Lipinski definition) is 2. The number of anilines is 1. The van der Waals surface area contributed by atoms with E-state index in [2.05, 4.69) is 24.1 Å². The Kier molecular flexibility index (Phi) is 8.36. The number of ether oxygens (including phenoxy) is 1. The van der Waals surface area contributed by atoms with Gasteiger partial charge in [-0.2, -0.15) is 0 Å². The van der Waals surface area contributed by atoms with Gasteiger partial charge in [0.05, 0.1) is 12.3 Å². The lowest BCUT2D eigenvalue weighted by atomic mass is 10.1. The summed E-state index contributed by atoms with van der Waals surface area (Å²) in [6.07, 6.45) is 1.85. The number of hydrogen-bond acceptors (Lipinski definition) is 4. The minimum absolute atomic E-state index is 0.0825. The maximum Gasteiger partial charge on any atom is 0.251 e. The summed E-state index contributed by atoms with van der Waals surface area (Å²) in [6, 6.07) is 5.16. The van der Waals surface area contributed by atoms with E-state index in [0.29, 0.717) is 30.2 Å². The zero-order valence-corrected chi connectivity index (χ0v) is 14.0. The van der Waals surface area contributed by atoms with Crippen LogP contribution in [0.1, 0.15) is 44.0 Å². The van der Waals surface area contributed by atoms with Crippen molar-refractivity contribution in [3.63, 3.8) is 0 Å². The second-order valence-electron chi connectivity index (χ2n) is 5.24. The summed E-state index contributed by atoms with van der Waals surface area (Å²) in [4.78, 5) is 14.5. The molecule has 0 heterocycles. The van der Waals surface area contributed by atoms with Crippen LogP contribution in [0.4, 0.5) is 5.69 Å². The molecule has 0 saturated carbocycles. The maximum atomic E-state index is 12.1. The van der Waals surface area contributed by atoms with Crippen LogP contribution < -0.4 is 15.8 Å². The summed E-state index contributed by atoms with van der Waals surface area (Å²) in [5.74, 6) is 0.499. The molecule has 22 heavy (non-hydrogen) atoms. The van der Waals surface area contributed by atoms with Crippen molar-refractivity contribution < 1.29 is 9.53 Å². The SMILES string of the molecule is CCCOc1cc(C(=O)NCCCN(CC)CC)ccc1N. The predicted molar refractivity (Wildman–Crippen MR) is 91.4 cm³/mol. The molecular weight excluding hydrogens is 278 g/mol. The van der Waals surface area contributed by atoms with Crippen molar-refractivity contribution in [1.82, 2.24) is 10.2 Å². The van der Waals surface area contributed by atoms with Crippen LogP contribution in [0.25, 0.3) is 0 Å². The minimum atomic E-state index is -0.0825. The Hall–Kier alpha value is -1.75. The third-order valence-corrected chi connectivity index (χ3v) is 3.57. The Morgan fingerprint density at radius 1 is 1.27 bits per heavy atom. The molecule has 0 aromatic heterocycles. The maximum absolute atomic E-state index is 12.1. The van der Waals surface area contributed by atoms with E-state index < -0.39 is 0 Å². The molecule has 1 aromatic rings. The Morgan fingerprint density at radius 2 is 2.00 bits per heavy atom. The summed E-state index contributed by atoms with van der Waals surface area (Å²) in [5, 5.41) is 2.94. The normalized spacial score (nSPS) is 10.7. The van der Waals surface area contributed by atoms with Crippen LogP contribution in [0.2, 0.25) is 0 Å². The van der Waals surface area contributed by atoms with Gasteiger partial charge in [0, 0.05) is 12.1 Å². The summed E-state index contributed by atoms with van der Waals surface area (Å²) in [7, 11) is 0. The van der Waals surface area contributed by atoms with E-state index >= 15 is 0 Å². The van der Waals surface area contributed by atoms with E-state index in [1.54, 1.807) is 18.2 Å². The predicted octanol–water partition coefficient (Wildman–Crippen LogP) is 2.52. The van der Waals surface area contributed by atoms with Crippen molar-refractivity contribution in [2.24, 2.45) is 0 Å². The molecule has 0 aliphatic heterocycles. The number of amides is 1. The Bertz CT molecular complexity index is 459. The second kappa shape index (κ2) is 10.1. The van der Waals surface area contributed by atoms with E-state index in [0.717, 1.165) is 32.5 Å². The van der Waals surface area contributed by atoms with Crippen molar-refractivity contribution >= 4 is 11.6 Å². The number of carbonyl (C=O) groups is 1. The highest BCUT2D eigenvalue weighted by Crippen LogP contribution is 2.22. The highest BCUT2D eigenvalue weighted by Gasteiger charge is 2.09. The number of nitrogen functional groups attached to an aromatic ring is 1. The highest BCUT2D eigenvalue weighted by atomic mass is 16.5. The first-order valence-electron chi connectivity index (χ1n) is 8.15. The van der Waals surface area contributed by atoms with Gasteiger partial charge in [-0.25, -0.2) is 0 Å². The molecule has 0 atom stereocenters. The molecule has 3 N–H and O–H groups in total. The molecule has 1 rings (SSSR count). The third-order valence-electron chi connectivity index (χ3n) is 3.57. The van der Waals surface area contributed by atoms with Gasteiger partial charge < -0.3 is 20.7 Å². The number of nitrogens with two attached hydrogens (primary N) is 1. The Labute approximate surface area is 133 Å². The van der Waals surface area contributed by atoms with Gasteiger partial charge in [-0.3, -0.25) is 4.79 Å². The van der Waals surface area contributed by atoms with Gasteiger partial charge in [0.1, 0.15) is 5.75 Å². The van der Waals surface area contributed by atoms with Gasteiger partial charge in [0.25, 0.3) is 5.91 Å². The van der Waals surface area contributed by atoms with Crippen LogP contribution in [-0.2, 0) is 0 Å². The van der Waals surface area contributed by atoms with Crippen molar-refractivity contribution in [3.05, 3.63) is 23.8 Å². The number of benzene rings is 1. The van der Waals surface area contributed by atoms with Crippen LogP contribution in [-0.4, -0.2) is 43.6 Å². The molecule has 0 radical (unpaired) electrons. The highest BCUT2D eigenvalue weighted by molar-refractivity contribution is 5.95. The van der Waals surface area contributed by atoms with Crippen molar-refractivity contribution in [3.8, 4) is 5.75 Å². The van der Waals surface area contributed by atoms with Crippen LogP contribution in [0.15, 0.2) is 18.2 Å². The summed E-state index contributed by atoms with van der Waals surface area (Å²) >= 11 is 0. The van der Waals surface area contributed by atoms with Crippen molar-refractivity contribution in [2.75, 3.05) is 38.5 Å². The molecule has 0 unspecified atom stereocenters. The third kappa shape index (κ3) is 5.93. The van der Waals surface area contributed by atoms with Gasteiger partial charge >= 0.3 is 0 Å². The molecule has 5 nitrogen and oxygen atoms in total. The monoisotopic (exact) mass is 307 g/mol. The first kappa shape index (κ1) is 18.3. The minimum Gasteiger partial charge on any atom is -0.491 e.